The van der Waals surface area contributed by atoms with Gasteiger partial charge < -0.3 is 4.42 Å². The van der Waals surface area contributed by atoms with Gasteiger partial charge >= 0.3 is 0 Å². The lowest BCUT2D eigenvalue weighted by Gasteiger charge is -2.36. The van der Waals surface area contributed by atoms with E-state index in [1.807, 2.05) is 54.6 Å². The Balaban J connectivity index is 0.933. The van der Waals surface area contributed by atoms with E-state index in [1.165, 1.54) is 71.0 Å². The molecule has 2 aromatic heterocycles. The summed E-state index contributed by atoms with van der Waals surface area (Å²) < 4.78 is 6.22. The van der Waals surface area contributed by atoms with E-state index >= 15 is 0 Å². The molecule has 262 valence electrons. The molecule has 0 radical (unpaired) electrons. The van der Waals surface area contributed by atoms with Gasteiger partial charge in [0.2, 0.25) is 0 Å². The lowest BCUT2D eigenvalue weighted by Crippen LogP contribution is -2.27. The molecule has 4 heteroatoms. The minimum absolute atomic E-state index is 0.158. The van der Waals surface area contributed by atoms with Gasteiger partial charge in [0.25, 0.3) is 0 Å². The maximum Gasteiger partial charge on any atom is 0.164 e. The zero-order chi connectivity index (χ0) is 36.3. The predicted octanol–water partition coefficient (Wildman–Crippen LogP) is 13.3. The molecule has 4 nitrogen and oxygen atoms in total. The molecule has 1 spiro atoms. The van der Waals surface area contributed by atoms with Gasteiger partial charge in [0, 0.05) is 32.9 Å². The summed E-state index contributed by atoms with van der Waals surface area (Å²) in [6.07, 6.45) is 6.43. The summed E-state index contributed by atoms with van der Waals surface area (Å²) in [5.41, 5.74) is 15.4. The predicted molar refractivity (Wildman–Crippen MR) is 224 cm³/mol. The van der Waals surface area contributed by atoms with Gasteiger partial charge in [-0.25, -0.2) is 15.0 Å². The van der Waals surface area contributed by atoms with Crippen LogP contribution in [-0.2, 0) is 5.41 Å². The molecule has 0 aliphatic heterocycles. The Bertz CT molecular complexity index is 2880. The van der Waals surface area contributed by atoms with Crippen LogP contribution in [0.2, 0.25) is 0 Å². The Kier molecular flexibility index (Phi) is 7.38. The van der Waals surface area contributed by atoms with Crippen molar-refractivity contribution >= 4 is 21.9 Å². The highest BCUT2D eigenvalue weighted by Crippen LogP contribution is 2.57. The van der Waals surface area contributed by atoms with Crippen LogP contribution in [0.4, 0.5) is 0 Å². The maximum absolute atomic E-state index is 6.22. The first-order valence-corrected chi connectivity index (χ1v) is 19.4. The molecule has 2 aliphatic carbocycles. The van der Waals surface area contributed by atoms with Crippen molar-refractivity contribution in [3.05, 3.63) is 175 Å². The fourth-order valence-corrected chi connectivity index (χ4v) is 9.31. The number of nitrogens with zero attached hydrogens (tertiary/aromatic N) is 3. The Labute approximate surface area is 320 Å². The summed E-state index contributed by atoms with van der Waals surface area (Å²) in [5, 5.41) is 2.17. The van der Waals surface area contributed by atoms with Gasteiger partial charge in [0.05, 0.1) is 0 Å². The summed E-state index contributed by atoms with van der Waals surface area (Å²) in [5.74, 6) is 1.87. The zero-order valence-electron chi connectivity index (χ0n) is 30.4. The molecular weight excluding hydrogens is 671 g/mol. The SMILES string of the molecule is c1ccc(-c2nc(-c3ccc(-c4ccc(-c5cccc6c5-c5ccccc5C65CCCCC5)cc4)cc3)nc(-c3ccc4c(c3)oc3ccccc34)n2)cc1. The van der Waals surface area contributed by atoms with E-state index in [1.54, 1.807) is 0 Å². The van der Waals surface area contributed by atoms with E-state index in [4.69, 9.17) is 19.4 Å². The van der Waals surface area contributed by atoms with Gasteiger partial charge in [0.15, 0.2) is 17.5 Å². The summed E-state index contributed by atoms with van der Waals surface area (Å²) in [6.45, 7) is 0. The smallest absolute Gasteiger partial charge is 0.164 e. The molecular formula is C51H37N3O. The fraction of sp³-hybridized carbons (Fsp3) is 0.118. The summed E-state index contributed by atoms with van der Waals surface area (Å²) in [7, 11) is 0. The Morgan fingerprint density at radius 1 is 0.382 bits per heavy atom. The second-order valence-corrected chi connectivity index (χ2v) is 15.1. The number of hydrogen-bond donors (Lipinski definition) is 0. The standard InChI is InChI=1S/C51H37N3O/c1-3-12-36(13-4-1)48-52-49(54-50(53-48)38-28-29-41-40-14-6-8-19-45(40)55-46(41)32-38)37-26-22-34(23-27-37)33-20-24-35(25-21-33)39-16-11-18-44-47(39)42-15-5-7-17-43(42)51(44)30-9-2-10-31-51/h1,3-8,11-29,32H,2,9-10,30-31H2. The van der Waals surface area contributed by atoms with Crippen LogP contribution in [0, 0.1) is 0 Å². The molecule has 9 aromatic rings. The minimum Gasteiger partial charge on any atom is -0.456 e. The number of aromatic nitrogens is 3. The van der Waals surface area contributed by atoms with Crippen LogP contribution in [0.5, 0.6) is 0 Å². The number of benzene rings is 7. The van der Waals surface area contributed by atoms with Crippen molar-refractivity contribution in [1.82, 2.24) is 15.0 Å². The molecule has 2 aliphatic rings. The van der Waals surface area contributed by atoms with E-state index in [9.17, 15) is 0 Å². The number of hydrogen-bond acceptors (Lipinski definition) is 4. The molecule has 11 rings (SSSR count). The second-order valence-electron chi connectivity index (χ2n) is 15.1. The highest BCUT2D eigenvalue weighted by molar-refractivity contribution is 6.05. The second kappa shape index (κ2) is 12.7. The molecule has 0 amide bonds. The molecule has 0 saturated heterocycles. The molecule has 55 heavy (non-hydrogen) atoms. The van der Waals surface area contributed by atoms with Crippen molar-refractivity contribution in [3.63, 3.8) is 0 Å². The first-order valence-electron chi connectivity index (χ1n) is 19.4. The highest BCUT2D eigenvalue weighted by atomic mass is 16.3. The quantitative estimate of drug-likeness (QED) is 0.179. The largest absolute Gasteiger partial charge is 0.456 e. The summed E-state index contributed by atoms with van der Waals surface area (Å²) in [6, 6.07) is 58.2. The number of para-hydroxylation sites is 1. The third kappa shape index (κ3) is 5.24. The van der Waals surface area contributed by atoms with Gasteiger partial charge in [-0.1, -0.05) is 165 Å². The molecule has 7 aromatic carbocycles. The average molecular weight is 708 g/mol. The lowest BCUT2D eigenvalue weighted by molar-refractivity contribution is 0.353. The molecule has 1 saturated carbocycles. The van der Waals surface area contributed by atoms with Crippen molar-refractivity contribution in [2.24, 2.45) is 0 Å². The Morgan fingerprint density at radius 3 is 1.69 bits per heavy atom. The van der Waals surface area contributed by atoms with E-state index in [2.05, 4.69) is 109 Å². The van der Waals surface area contributed by atoms with Gasteiger partial charge in [-0.3, -0.25) is 0 Å². The monoisotopic (exact) mass is 707 g/mol. The van der Waals surface area contributed by atoms with Crippen LogP contribution >= 0.6 is 0 Å². The number of rotatable bonds is 5. The third-order valence-corrected chi connectivity index (χ3v) is 12.0. The zero-order valence-corrected chi connectivity index (χ0v) is 30.4. The first kappa shape index (κ1) is 31.8. The molecule has 0 bridgehead atoms. The molecule has 0 N–H and O–H groups in total. The number of furan rings is 1. The number of fused-ring (bicyclic) bond motifs is 8. The normalized spacial score (nSPS) is 14.3. The summed E-state index contributed by atoms with van der Waals surface area (Å²) >= 11 is 0. The molecule has 0 atom stereocenters. The van der Waals surface area contributed by atoms with Crippen LogP contribution in [0.15, 0.2) is 168 Å². The van der Waals surface area contributed by atoms with E-state index < -0.39 is 0 Å². The van der Waals surface area contributed by atoms with Crippen molar-refractivity contribution in [1.29, 1.82) is 0 Å². The minimum atomic E-state index is 0.158. The average Bonchev–Trinajstić information content (AvgIpc) is 3.77. The van der Waals surface area contributed by atoms with Gasteiger partial charge in [0.1, 0.15) is 11.2 Å². The van der Waals surface area contributed by atoms with Crippen molar-refractivity contribution in [2.75, 3.05) is 0 Å². The van der Waals surface area contributed by atoms with Crippen molar-refractivity contribution < 1.29 is 4.42 Å². The van der Waals surface area contributed by atoms with Crippen LogP contribution in [0.25, 0.3) is 89.5 Å². The van der Waals surface area contributed by atoms with Crippen molar-refractivity contribution in [3.8, 4) is 67.5 Å². The Hall–Kier alpha value is -6.65. The highest BCUT2D eigenvalue weighted by Gasteiger charge is 2.44. The van der Waals surface area contributed by atoms with Crippen LogP contribution in [0.1, 0.15) is 43.2 Å². The topological polar surface area (TPSA) is 51.8 Å². The van der Waals surface area contributed by atoms with Gasteiger partial charge in [-0.05, 0) is 75.5 Å². The maximum atomic E-state index is 6.22. The van der Waals surface area contributed by atoms with E-state index in [-0.39, 0.29) is 5.41 Å². The van der Waals surface area contributed by atoms with Crippen LogP contribution < -0.4 is 0 Å². The summed E-state index contributed by atoms with van der Waals surface area (Å²) in [4.78, 5) is 14.9. The van der Waals surface area contributed by atoms with E-state index in [0.29, 0.717) is 17.5 Å². The fourth-order valence-electron chi connectivity index (χ4n) is 9.31. The lowest BCUT2D eigenvalue weighted by atomic mass is 9.68. The third-order valence-electron chi connectivity index (χ3n) is 12.0. The molecule has 1 fully saturated rings. The van der Waals surface area contributed by atoms with Gasteiger partial charge in [-0.15, -0.1) is 0 Å². The molecule has 0 unspecified atom stereocenters. The van der Waals surface area contributed by atoms with E-state index in [0.717, 1.165) is 44.2 Å². The Morgan fingerprint density at radius 2 is 0.927 bits per heavy atom. The van der Waals surface area contributed by atoms with Crippen molar-refractivity contribution in [2.45, 2.75) is 37.5 Å². The van der Waals surface area contributed by atoms with Gasteiger partial charge in [-0.2, -0.15) is 0 Å². The molecule has 2 heterocycles. The van der Waals surface area contributed by atoms with Crippen LogP contribution in [-0.4, -0.2) is 15.0 Å². The first-order chi connectivity index (χ1) is 27.2. The van der Waals surface area contributed by atoms with Crippen LogP contribution in [0.3, 0.4) is 0 Å².